The number of phenolic OH excluding ortho intramolecular Hbond substituents is 1. The molecule has 2 fully saturated rings. The molecule has 3 rings (SSSR count). The zero-order valence-corrected chi connectivity index (χ0v) is 12.3. The number of halogens is 1. The molecule has 2 saturated carbocycles. The van der Waals surface area contributed by atoms with Crippen LogP contribution in [0.2, 0.25) is 0 Å². The molecule has 0 spiro atoms. The Morgan fingerprint density at radius 1 is 1.35 bits per heavy atom. The van der Waals surface area contributed by atoms with Crippen molar-refractivity contribution in [3.63, 3.8) is 0 Å². The van der Waals surface area contributed by atoms with Crippen molar-refractivity contribution in [3.05, 3.63) is 29.6 Å². The van der Waals surface area contributed by atoms with Crippen molar-refractivity contribution in [2.75, 3.05) is 13.6 Å². The number of aromatic hydroxyl groups is 1. The van der Waals surface area contributed by atoms with Gasteiger partial charge in [0.15, 0.2) is 0 Å². The zero-order chi connectivity index (χ0) is 14.3. The summed E-state index contributed by atoms with van der Waals surface area (Å²) in [4.78, 5) is 2.26. The summed E-state index contributed by atoms with van der Waals surface area (Å²) in [5.74, 6) is 2.56. The highest BCUT2D eigenvalue weighted by Crippen LogP contribution is 2.48. The molecule has 2 bridgehead atoms. The van der Waals surface area contributed by atoms with Gasteiger partial charge in [0.2, 0.25) is 0 Å². The summed E-state index contributed by atoms with van der Waals surface area (Å²) in [6.45, 7) is 3.10. The molecule has 1 N–H and O–H groups in total. The molecule has 0 aromatic heterocycles. The second-order valence-corrected chi connectivity index (χ2v) is 6.75. The Balaban J connectivity index is 1.67. The lowest BCUT2D eigenvalue weighted by molar-refractivity contribution is 0.179. The number of fused-ring (bicyclic) bond motifs is 2. The summed E-state index contributed by atoms with van der Waals surface area (Å²) in [5, 5.41) is 9.93. The molecule has 2 aliphatic carbocycles. The summed E-state index contributed by atoms with van der Waals surface area (Å²) < 4.78 is 13.4. The van der Waals surface area contributed by atoms with E-state index in [1.807, 2.05) is 6.92 Å². The van der Waals surface area contributed by atoms with Crippen LogP contribution in [0.3, 0.4) is 0 Å². The van der Waals surface area contributed by atoms with Crippen LogP contribution in [-0.4, -0.2) is 23.6 Å². The van der Waals surface area contributed by atoms with Gasteiger partial charge in [0, 0.05) is 18.2 Å². The van der Waals surface area contributed by atoms with Crippen molar-refractivity contribution in [2.24, 2.45) is 17.8 Å². The Kier molecular flexibility index (Phi) is 3.72. The number of rotatable bonds is 4. The molecule has 20 heavy (non-hydrogen) atoms. The maximum absolute atomic E-state index is 13.4. The van der Waals surface area contributed by atoms with E-state index in [-0.39, 0.29) is 17.6 Å². The van der Waals surface area contributed by atoms with Crippen LogP contribution in [0.5, 0.6) is 5.75 Å². The fourth-order valence-electron chi connectivity index (χ4n) is 4.23. The molecule has 1 aromatic carbocycles. The van der Waals surface area contributed by atoms with Crippen molar-refractivity contribution >= 4 is 0 Å². The van der Waals surface area contributed by atoms with Gasteiger partial charge in [0.05, 0.1) is 0 Å². The highest BCUT2D eigenvalue weighted by atomic mass is 19.1. The molecule has 0 aliphatic heterocycles. The predicted molar refractivity (Wildman–Crippen MR) is 78.0 cm³/mol. The van der Waals surface area contributed by atoms with Crippen LogP contribution < -0.4 is 0 Å². The van der Waals surface area contributed by atoms with Gasteiger partial charge in [0.25, 0.3) is 0 Å². The van der Waals surface area contributed by atoms with E-state index in [1.165, 1.54) is 43.9 Å². The average molecular weight is 277 g/mol. The van der Waals surface area contributed by atoms with E-state index in [1.54, 1.807) is 0 Å². The maximum atomic E-state index is 13.4. The Morgan fingerprint density at radius 2 is 2.15 bits per heavy atom. The topological polar surface area (TPSA) is 23.5 Å². The van der Waals surface area contributed by atoms with Gasteiger partial charge >= 0.3 is 0 Å². The van der Waals surface area contributed by atoms with E-state index >= 15 is 0 Å². The first-order valence-corrected chi connectivity index (χ1v) is 7.73. The second kappa shape index (κ2) is 5.36. The fourth-order valence-corrected chi connectivity index (χ4v) is 4.23. The minimum absolute atomic E-state index is 0.0461. The molecule has 4 atom stereocenters. The molecular weight excluding hydrogens is 253 g/mol. The van der Waals surface area contributed by atoms with Gasteiger partial charge in [-0.25, -0.2) is 4.39 Å². The summed E-state index contributed by atoms with van der Waals surface area (Å²) in [5.41, 5.74) is 0.690. The number of hydrogen-bond donors (Lipinski definition) is 1. The van der Waals surface area contributed by atoms with E-state index in [4.69, 9.17) is 0 Å². The van der Waals surface area contributed by atoms with Gasteiger partial charge in [-0.2, -0.15) is 0 Å². The lowest BCUT2D eigenvalue weighted by Crippen LogP contribution is -2.31. The quantitative estimate of drug-likeness (QED) is 0.900. The van der Waals surface area contributed by atoms with E-state index in [2.05, 4.69) is 11.9 Å². The van der Waals surface area contributed by atoms with Gasteiger partial charge in [-0.1, -0.05) is 6.42 Å². The predicted octanol–water partition coefficient (Wildman–Crippen LogP) is 3.96. The van der Waals surface area contributed by atoms with Crippen molar-refractivity contribution < 1.29 is 9.50 Å². The first-order chi connectivity index (χ1) is 9.54. The Hall–Kier alpha value is -1.09. The molecule has 3 heteroatoms. The van der Waals surface area contributed by atoms with E-state index in [0.717, 1.165) is 24.3 Å². The van der Waals surface area contributed by atoms with Crippen LogP contribution in [0.15, 0.2) is 18.2 Å². The first kappa shape index (κ1) is 13.9. The van der Waals surface area contributed by atoms with Crippen molar-refractivity contribution in [1.29, 1.82) is 0 Å². The lowest BCUT2D eigenvalue weighted by atomic mass is 9.88. The third-order valence-corrected chi connectivity index (χ3v) is 5.51. The standard InChI is InChI=1S/C17H24FNO/c1-11(16-9-15(18)5-6-17(16)20)19(2)10-14-8-12-3-4-13(14)7-12/h5-6,9,11-14,20H,3-4,7-8,10H2,1-2H3. The minimum Gasteiger partial charge on any atom is -0.508 e. The van der Waals surface area contributed by atoms with Gasteiger partial charge in [0.1, 0.15) is 11.6 Å². The third-order valence-electron chi connectivity index (χ3n) is 5.51. The van der Waals surface area contributed by atoms with Crippen LogP contribution in [0.25, 0.3) is 0 Å². The Labute approximate surface area is 120 Å². The third kappa shape index (κ3) is 2.56. The molecule has 0 radical (unpaired) electrons. The normalized spacial score (nSPS) is 30.1. The van der Waals surface area contributed by atoms with Gasteiger partial charge < -0.3 is 5.11 Å². The number of nitrogens with zero attached hydrogens (tertiary/aromatic N) is 1. The van der Waals surface area contributed by atoms with Crippen LogP contribution in [-0.2, 0) is 0 Å². The monoisotopic (exact) mass is 277 g/mol. The molecule has 2 aliphatic rings. The lowest BCUT2D eigenvalue weighted by Gasteiger charge is -2.31. The Morgan fingerprint density at radius 3 is 2.80 bits per heavy atom. The van der Waals surface area contributed by atoms with Gasteiger partial charge in [-0.15, -0.1) is 0 Å². The highest BCUT2D eigenvalue weighted by Gasteiger charge is 2.40. The number of benzene rings is 1. The SMILES string of the molecule is CC(c1cc(F)ccc1O)N(C)CC1CC2CCC1C2. The number of hydrogen-bond acceptors (Lipinski definition) is 2. The Bertz CT molecular complexity index is 490. The fraction of sp³-hybridized carbons (Fsp3) is 0.647. The average Bonchev–Trinajstić information content (AvgIpc) is 3.03. The summed E-state index contributed by atoms with van der Waals surface area (Å²) in [6, 6.07) is 4.26. The van der Waals surface area contributed by atoms with Gasteiger partial charge in [-0.05, 0) is 69.2 Å². The van der Waals surface area contributed by atoms with Crippen LogP contribution in [0.1, 0.15) is 44.2 Å². The van der Waals surface area contributed by atoms with Crippen LogP contribution in [0, 0.1) is 23.6 Å². The van der Waals surface area contributed by atoms with E-state index in [0.29, 0.717) is 5.56 Å². The van der Waals surface area contributed by atoms with E-state index in [9.17, 15) is 9.50 Å². The summed E-state index contributed by atoms with van der Waals surface area (Å²) in [7, 11) is 2.08. The first-order valence-electron chi connectivity index (χ1n) is 7.73. The van der Waals surface area contributed by atoms with Crippen molar-refractivity contribution in [3.8, 4) is 5.75 Å². The molecule has 0 saturated heterocycles. The second-order valence-electron chi connectivity index (χ2n) is 6.75. The molecule has 0 heterocycles. The van der Waals surface area contributed by atoms with Crippen molar-refractivity contribution in [2.45, 2.75) is 38.6 Å². The zero-order valence-electron chi connectivity index (χ0n) is 12.3. The summed E-state index contributed by atoms with van der Waals surface area (Å²) in [6.07, 6.45) is 5.59. The number of phenols is 1. The molecule has 0 amide bonds. The highest BCUT2D eigenvalue weighted by molar-refractivity contribution is 5.34. The van der Waals surface area contributed by atoms with Crippen LogP contribution in [0.4, 0.5) is 4.39 Å². The van der Waals surface area contributed by atoms with E-state index < -0.39 is 0 Å². The molecule has 110 valence electrons. The van der Waals surface area contributed by atoms with Gasteiger partial charge in [-0.3, -0.25) is 4.90 Å². The summed E-state index contributed by atoms with van der Waals surface area (Å²) >= 11 is 0. The van der Waals surface area contributed by atoms with Crippen LogP contribution >= 0.6 is 0 Å². The smallest absolute Gasteiger partial charge is 0.123 e. The molecule has 1 aromatic rings. The largest absolute Gasteiger partial charge is 0.508 e. The minimum atomic E-state index is -0.280. The maximum Gasteiger partial charge on any atom is 0.123 e. The molecular formula is C17H24FNO. The molecule has 4 unspecified atom stereocenters. The van der Waals surface area contributed by atoms with Crippen molar-refractivity contribution in [1.82, 2.24) is 4.90 Å². The molecule has 2 nitrogen and oxygen atoms in total.